The van der Waals surface area contributed by atoms with Gasteiger partial charge in [-0.3, -0.25) is 4.99 Å². The molecular weight excluding hydrogens is 338 g/mol. The zero-order valence-corrected chi connectivity index (χ0v) is 17.1. The van der Waals surface area contributed by atoms with E-state index in [9.17, 15) is 8.42 Å². The Balaban J connectivity index is 2.68. The maximum Gasteiger partial charge on any atom is 0.191 e. The lowest BCUT2D eigenvalue weighted by molar-refractivity contribution is 0.0205. The Morgan fingerprint density at radius 1 is 1.28 bits per heavy atom. The second-order valence-electron chi connectivity index (χ2n) is 7.27. The molecule has 1 atom stereocenters. The molecule has 25 heavy (non-hydrogen) atoms. The normalized spacial score (nSPS) is 14.3. The summed E-state index contributed by atoms with van der Waals surface area (Å²) in [7, 11) is 0.231. The van der Waals surface area contributed by atoms with Gasteiger partial charge in [0.05, 0.1) is 11.0 Å². The van der Waals surface area contributed by atoms with E-state index in [4.69, 9.17) is 4.74 Å². The van der Waals surface area contributed by atoms with E-state index in [1.54, 1.807) is 27.1 Å². The second-order valence-corrected chi connectivity index (χ2v) is 9.25. The van der Waals surface area contributed by atoms with E-state index >= 15 is 0 Å². The van der Waals surface area contributed by atoms with E-state index in [2.05, 4.69) is 36.4 Å². The Kier molecular flexibility index (Phi) is 7.44. The molecule has 0 aliphatic heterocycles. The van der Waals surface area contributed by atoms with Crippen LogP contribution < -0.4 is 10.6 Å². The summed E-state index contributed by atoms with van der Waals surface area (Å²) in [5.41, 5.74) is 1.77. The van der Waals surface area contributed by atoms with E-state index in [0.29, 0.717) is 23.9 Å². The number of hydrogen-bond donors (Lipinski definition) is 2. The van der Waals surface area contributed by atoms with Crippen molar-refractivity contribution in [2.45, 2.75) is 45.2 Å². The number of rotatable bonds is 6. The SMILES string of the molecule is CN=C(NCc1ccc(S(C)(=O)=O)c(C)c1)NCC(OC)C(C)(C)C. The highest BCUT2D eigenvalue weighted by molar-refractivity contribution is 7.90. The summed E-state index contributed by atoms with van der Waals surface area (Å²) in [6.07, 6.45) is 1.28. The maximum atomic E-state index is 11.7. The molecule has 142 valence electrons. The summed E-state index contributed by atoms with van der Waals surface area (Å²) in [4.78, 5) is 4.58. The first kappa shape index (κ1) is 21.4. The molecule has 1 unspecified atom stereocenters. The summed E-state index contributed by atoms with van der Waals surface area (Å²) < 4.78 is 28.9. The van der Waals surface area contributed by atoms with Crippen LogP contribution in [0.4, 0.5) is 0 Å². The van der Waals surface area contributed by atoms with Gasteiger partial charge in [-0.05, 0) is 29.5 Å². The van der Waals surface area contributed by atoms with E-state index < -0.39 is 9.84 Å². The largest absolute Gasteiger partial charge is 0.379 e. The van der Waals surface area contributed by atoms with Crippen molar-refractivity contribution in [1.82, 2.24) is 10.6 Å². The number of hydrogen-bond acceptors (Lipinski definition) is 4. The van der Waals surface area contributed by atoms with Gasteiger partial charge in [-0.15, -0.1) is 0 Å². The van der Waals surface area contributed by atoms with Gasteiger partial charge in [-0.1, -0.05) is 32.9 Å². The molecular formula is C18H31N3O3S. The van der Waals surface area contributed by atoms with Crippen molar-refractivity contribution in [1.29, 1.82) is 0 Å². The monoisotopic (exact) mass is 369 g/mol. The standard InChI is InChI=1S/C18H31N3O3S/c1-13-10-14(8-9-15(13)25(7,22)23)11-20-17(19-5)21-12-16(24-6)18(2,3)4/h8-10,16H,11-12H2,1-7H3,(H2,19,20,21). The number of aryl methyl sites for hydroxylation is 1. The predicted octanol–water partition coefficient (Wildman–Crippen LogP) is 2.12. The molecule has 0 fully saturated rings. The van der Waals surface area contributed by atoms with Crippen LogP contribution in [0.5, 0.6) is 0 Å². The zero-order chi connectivity index (χ0) is 19.3. The van der Waals surface area contributed by atoms with Crippen molar-refractivity contribution in [2.24, 2.45) is 10.4 Å². The Labute approximate surface area is 152 Å². The van der Waals surface area contributed by atoms with Gasteiger partial charge in [-0.25, -0.2) is 8.42 Å². The summed E-state index contributed by atoms with van der Waals surface area (Å²) in [6, 6.07) is 5.35. The number of guanidine groups is 1. The number of benzene rings is 1. The van der Waals surface area contributed by atoms with Crippen molar-refractivity contribution >= 4 is 15.8 Å². The highest BCUT2D eigenvalue weighted by atomic mass is 32.2. The first-order chi connectivity index (χ1) is 11.5. The summed E-state index contributed by atoms with van der Waals surface area (Å²) in [5, 5.41) is 6.50. The third-order valence-corrected chi connectivity index (χ3v) is 5.28. The lowest BCUT2D eigenvalue weighted by atomic mass is 9.89. The maximum absolute atomic E-state index is 11.7. The number of nitrogens with one attached hydrogen (secondary N) is 2. The molecule has 0 saturated heterocycles. The van der Waals surface area contributed by atoms with Crippen LogP contribution in [0.25, 0.3) is 0 Å². The molecule has 6 nitrogen and oxygen atoms in total. The second kappa shape index (κ2) is 8.67. The molecule has 7 heteroatoms. The van der Waals surface area contributed by atoms with Crippen LogP contribution in [-0.4, -0.2) is 47.4 Å². The minimum absolute atomic E-state index is 0.0270. The molecule has 0 aliphatic carbocycles. The molecule has 0 spiro atoms. The number of methoxy groups -OCH3 is 1. The Hall–Kier alpha value is -1.60. The molecule has 1 aromatic rings. The minimum atomic E-state index is -3.19. The highest BCUT2D eigenvalue weighted by Gasteiger charge is 2.24. The van der Waals surface area contributed by atoms with Crippen LogP contribution >= 0.6 is 0 Å². The van der Waals surface area contributed by atoms with Gasteiger partial charge >= 0.3 is 0 Å². The highest BCUT2D eigenvalue weighted by Crippen LogP contribution is 2.21. The average Bonchev–Trinajstić information content (AvgIpc) is 2.48. The fraction of sp³-hybridized carbons (Fsp3) is 0.611. The summed E-state index contributed by atoms with van der Waals surface area (Å²) in [6.45, 7) is 9.39. The van der Waals surface area contributed by atoms with Crippen LogP contribution in [0.2, 0.25) is 0 Å². The Morgan fingerprint density at radius 2 is 1.92 bits per heavy atom. The number of sulfone groups is 1. The van der Waals surface area contributed by atoms with Gasteiger partial charge in [0.2, 0.25) is 0 Å². The molecule has 0 amide bonds. The van der Waals surface area contributed by atoms with E-state index in [1.165, 1.54) is 6.26 Å². The van der Waals surface area contributed by atoms with E-state index in [-0.39, 0.29) is 11.5 Å². The smallest absolute Gasteiger partial charge is 0.191 e. The lowest BCUT2D eigenvalue weighted by Crippen LogP contribution is -2.45. The molecule has 2 N–H and O–H groups in total. The molecule has 1 rings (SSSR count). The number of nitrogens with zero attached hydrogens (tertiary/aromatic N) is 1. The van der Waals surface area contributed by atoms with Gasteiger partial charge in [0.1, 0.15) is 0 Å². The van der Waals surface area contributed by atoms with Crippen LogP contribution in [0.1, 0.15) is 31.9 Å². The van der Waals surface area contributed by atoms with Crippen molar-refractivity contribution < 1.29 is 13.2 Å². The van der Waals surface area contributed by atoms with Gasteiger partial charge in [0.15, 0.2) is 15.8 Å². The van der Waals surface area contributed by atoms with Crippen LogP contribution in [-0.2, 0) is 21.1 Å². The summed E-state index contributed by atoms with van der Waals surface area (Å²) in [5.74, 6) is 0.677. The topological polar surface area (TPSA) is 79.8 Å². The van der Waals surface area contributed by atoms with Crippen LogP contribution in [0.3, 0.4) is 0 Å². The van der Waals surface area contributed by atoms with Gasteiger partial charge < -0.3 is 15.4 Å². The zero-order valence-electron chi connectivity index (χ0n) is 16.3. The fourth-order valence-electron chi connectivity index (χ4n) is 2.58. The summed E-state index contributed by atoms with van der Waals surface area (Å²) >= 11 is 0. The quantitative estimate of drug-likeness (QED) is 0.593. The molecule has 0 radical (unpaired) electrons. The minimum Gasteiger partial charge on any atom is -0.379 e. The van der Waals surface area contributed by atoms with Gasteiger partial charge in [0.25, 0.3) is 0 Å². The fourth-order valence-corrected chi connectivity index (χ4v) is 3.54. The predicted molar refractivity (Wildman–Crippen MR) is 103 cm³/mol. The Morgan fingerprint density at radius 3 is 2.36 bits per heavy atom. The van der Waals surface area contributed by atoms with Crippen LogP contribution in [0, 0.1) is 12.3 Å². The van der Waals surface area contributed by atoms with E-state index in [0.717, 1.165) is 11.1 Å². The van der Waals surface area contributed by atoms with Crippen molar-refractivity contribution in [3.8, 4) is 0 Å². The van der Waals surface area contributed by atoms with Crippen molar-refractivity contribution in [3.05, 3.63) is 29.3 Å². The first-order valence-electron chi connectivity index (χ1n) is 8.26. The molecule has 0 heterocycles. The number of ether oxygens (including phenoxy) is 1. The third-order valence-electron chi connectivity index (χ3n) is 4.03. The van der Waals surface area contributed by atoms with Gasteiger partial charge in [0, 0.05) is 33.5 Å². The van der Waals surface area contributed by atoms with E-state index in [1.807, 2.05) is 12.1 Å². The lowest BCUT2D eigenvalue weighted by Gasteiger charge is -2.30. The van der Waals surface area contributed by atoms with Crippen molar-refractivity contribution in [2.75, 3.05) is 27.0 Å². The third kappa shape index (κ3) is 6.66. The molecule has 0 aliphatic rings. The first-order valence-corrected chi connectivity index (χ1v) is 10.1. The molecule has 0 saturated carbocycles. The van der Waals surface area contributed by atoms with Crippen molar-refractivity contribution in [3.63, 3.8) is 0 Å². The Bertz CT molecular complexity index is 707. The molecule has 0 aromatic heterocycles. The molecule has 1 aromatic carbocycles. The van der Waals surface area contributed by atoms with Gasteiger partial charge in [-0.2, -0.15) is 0 Å². The number of aliphatic imine (C=N–C) groups is 1. The molecule has 0 bridgehead atoms. The van der Waals surface area contributed by atoms with Crippen LogP contribution in [0.15, 0.2) is 28.1 Å². The average molecular weight is 370 g/mol.